The highest BCUT2D eigenvalue weighted by molar-refractivity contribution is 6.02. The van der Waals surface area contributed by atoms with Crippen LogP contribution >= 0.6 is 0 Å². The Balaban J connectivity index is 2.30. The quantitative estimate of drug-likeness (QED) is 0.752. The van der Waals surface area contributed by atoms with Crippen molar-refractivity contribution in [3.05, 3.63) is 41.2 Å². The van der Waals surface area contributed by atoms with E-state index >= 15 is 0 Å². The van der Waals surface area contributed by atoms with Crippen molar-refractivity contribution < 1.29 is 32.4 Å². The number of halogens is 3. The third-order valence-electron chi connectivity index (χ3n) is 4.03. The van der Waals surface area contributed by atoms with Crippen molar-refractivity contribution in [1.29, 1.82) is 0 Å². The van der Waals surface area contributed by atoms with Crippen molar-refractivity contribution in [2.24, 2.45) is 0 Å². The number of carbonyl (C=O) groups excluding carboxylic acids is 1. The SMILES string of the molecule is CCCCC(NC(=O)c1c(-c2ccc(C(F)(F)F)cc2)noc1C)C(=O)O. The average Bonchev–Trinajstić information content (AvgIpc) is 2.99. The van der Waals surface area contributed by atoms with Crippen LogP contribution in [0.15, 0.2) is 28.8 Å². The van der Waals surface area contributed by atoms with E-state index in [0.717, 1.165) is 18.6 Å². The predicted molar refractivity (Wildman–Crippen MR) is 90.1 cm³/mol. The van der Waals surface area contributed by atoms with Crippen LogP contribution in [-0.2, 0) is 11.0 Å². The van der Waals surface area contributed by atoms with E-state index in [-0.39, 0.29) is 29.0 Å². The molecule has 2 N–H and O–H groups in total. The number of benzene rings is 1. The number of aromatic nitrogens is 1. The van der Waals surface area contributed by atoms with E-state index in [1.165, 1.54) is 19.1 Å². The minimum absolute atomic E-state index is 0.00231. The van der Waals surface area contributed by atoms with E-state index in [0.29, 0.717) is 6.42 Å². The van der Waals surface area contributed by atoms with Crippen LogP contribution in [0, 0.1) is 6.92 Å². The van der Waals surface area contributed by atoms with Crippen LogP contribution in [0.4, 0.5) is 13.2 Å². The smallest absolute Gasteiger partial charge is 0.416 e. The van der Waals surface area contributed by atoms with Gasteiger partial charge in [0, 0.05) is 5.56 Å². The van der Waals surface area contributed by atoms with E-state index in [1.807, 2.05) is 6.92 Å². The first-order valence-electron chi connectivity index (χ1n) is 8.32. The lowest BCUT2D eigenvalue weighted by Crippen LogP contribution is -2.41. The van der Waals surface area contributed by atoms with Crippen molar-refractivity contribution in [3.8, 4) is 11.3 Å². The van der Waals surface area contributed by atoms with Crippen molar-refractivity contribution in [3.63, 3.8) is 0 Å². The Hall–Kier alpha value is -2.84. The Bertz CT molecular complexity index is 813. The summed E-state index contributed by atoms with van der Waals surface area (Å²) in [6, 6.07) is 3.04. The first-order valence-corrected chi connectivity index (χ1v) is 8.32. The van der Waals surface area contributed by atoms with Gasteiger partial charge in [-0.3, -0.25) is 4.79 Å². The number of hydrogen-bond acceptors (Lipinski definition) is 4. The molecule has 6 nitrogen and oxygen atoms in total. The van der Waals surface area contributed by atoms with Gasteiger partial charge in [-0.25, -0.2) is 4.79 Å². The van der Waals surface area contributed by atoms with Gasteiger partial charge in [0.15, 0.2) is 0 Å². The van der Waals surface area contributed by atoms with Crippen LogP contribution in [0.25, 0.3) is 11.3 Å². The summed E-state index contributed by atoms with van der Waals surface area (Å²) in [6.45, 7) is 3.37. The summed E-state index contributed by atoms with van der Waals surface area (Å²) < 4.78 is 43.1. The maximum absolute atomic E-state index is 12.7. The van der Waals surface area contributed by atoms with Gasteiger partial charge in [0.1, 0.15) is 23.1 Å². The zero-order chi connectivity index (χ0) is 20.2. The molecule has 0 bridgehead atoms. The fraction of sp³-hybridized carbons (Fsp3) is 0.389. The Kier molecular flexibility index (Phi) is 6.24. The van der Waals surface area contributed by atoms with Crippen LogP contribution in [0.1, 0.15) is 47.9 Å². The number of carboxylic acid groups (broad SMARTS) is 1. The van der Waals surface area contributed by atoms with Gasteiger partial charge in [-0.2, -0.15) is 13.2 Å². The Labute approximate surface area is 153 Å². The summed E-state index contributed by atoms with van der Waals surface area (Å²) >= 11 is 0. The topological polar surface area (TPSA) is 92.4 Å². The predicted octanol–water partition coefficient (Wildman–Crippen LogP) is 4.04. The minimum Gasteiger partial charge on any atom is -0.480 e. The second-order valence-corrected chi connectivity index (χ2v) is 6.04. The van der Waals surface area contributed by atoms with Gasteiger partial charge in [-0.1, -0.05) is 37.1 Å². The Morgan fingerprint density at radius 3 is 2.41 bits per heavy atom. The molecule has 2 rings (SSSR count). The van der Waals surface area contributed by atoms with Gasteiger partial charge >= 0.3 is 12.1 Å². The normalized spacial score (nSPS) is 12.6. The molecule has 27 heavy (non-hydrogen) atoms. The zero-order valence-electron chi connectivity index (χ0n) is 14.8. The van der Waals surface area contributed by atoms with Gasteiger partial charge < -0.3 is 14.9 Å². The van der Waals surface area contributed by atoms with E-state index < -0.39 is 29.7 Å². The molecule has 2 aromatic rings. The molecule has 0 fully saturated rings. The number of aliphatic carboxylic acids is 1. The molecule has 0 aliphatic rings. The maximum Gasteiger partial charge on any atom is 0.416 e. The van der Waals surface area contributed by atoms with Crippen molar-refractivity contribution >= 4 is 11.9 Å². The molecule has 0 aliphatic carbocycles. The Morgan fingerprint density at radius 2 is 1.89 bits per heavy atom. The van der Waals surface area contributed by atoms with Crippen LogP contribution in [-0.4, -0.2) is 28.2 Å². The molecule has 1 aromatic heterocycles. The largest absolute Gasteiger partial charge is 0.480 e. The molecule has 1 unspecified atom stereocenters. The molecule has 1 atom stereocenters. The average molecular weight is 384 g/mol. The molecule has 1 heterocycles. The molecule has 9 heteroatoms. The van der Waals surface area contributed by atoms with Gasteiger partial charge in [0.05, 0.1) is 5.56 Å². The summed E-state index contributed by atoms with van der Waals surface area (Å²) in [5.41, 5.74) is -0.524. The van der Waals surface area contributed by atoms with E-state index in [9.17, 15) is 27.9 Å². The van der Waals surface area contributed by atoms with E-state index in [2.05, 4.69) is 10.5 Å². The van der Waals surface area contributed by atoms with E-state index in [1.54, 1.807) is 0 Å². The summed E-state index contributed by atoms with van der Waals surface area (Å²) in [4.78, 5) is 23.9. The van der Waals surface area contributed by atoms with Gasteiger partial charge in [-0.05, 0) is 25.5 Å². The van der Waals surface area contributed by atoms with Crippen molar-refractivity contribution in [2.45, 2.75) is 45.3 Å². The number of unbranched alkanes of at least 4 members (excludes halogenated alkanes) is 1. The van der Waals surface area contributed by atoms with Crippen molar-refractivity contribution in [1.82, 2.24) is 10.5 Å². The monoisotopic (exact) mass is 384 g/mol. The summed E-state index contributed by atoms with van der Waals surface area (Å²) in [6.07, 6.45) is -2.83. The molecule has 0 radical (unpaired) electrons. The number of hydrogen-bond donors (Lipinski definition) is 2. The second kappa shape index (κ2) is 8.24. The first-order chi connectivity index (χ1) is 12.6. The third kappa shape index (κ3) is 4.87. The lowest BCUT2D eigenvalue weighted by atomic mass is 10.0. The Morgan fingerprint density at radius 1 is 1.26 bits per heavy atom. The van der Waals surface area contributed by atoms with Gasteiger partial charge in [-0.15, -0.1) is 0 Å². The summed E-state index contributed by atoms with van der Waals surface area (Å²) in [5.74, 6) is -1.73. The number of nitrogens with one attached hydrogen (secondary N) is 1. The maximum atomic E-state index is 12.7. The molecule has 146 valence electrons. The van der Waals surface area contributed by atoms with Gasteiger partial charge in [0.2, 0.25) is 0 Å². The molecular weight excluding hydrogens is 365 g/mol. The molecule has 1 amide bonds. The third-order valence-corrected chi connectivity index (χ3v) is 4.03. The van der Waals surface area contributed by atoms with Crippen LogP contribution in [0.2, 0.25) is 0 Å². The van der Waals surface area contributed by atoms with Crippen LogP contribution in [0.3, 0.4) is 0 Å². The fourth-order valence-electron chi connectivity index (χ4n) is 2.55. The van der Waals surface area contributed by atoms with Crippen molar-refractivity contribution in [2.75, 3.05) is 0 Å². The van der Waals surface area contributed by atoms with Crippen LogP contribution < -0.4 is 5.32 Å². The number of rotatable bonds is 7. The lowest BCUT2D eigenvalue weighted by Gasteiger charge is -2.14. The number of nitrogens with zero attached hydrogens (tertiary/aromatic N) is 1. The lowest BCUT2D eigenvalue weighted by molar-refractivity contribution is -0.139. The number of carbonyl (C=O) groups is 2. The number of amides is 1. The number of carboxylic acids is 1. The van der Waals surface area contributed by atoms with Gasteiger partial charge in [0.25, 0.3) is 5.91 Å². The highest BCUT2D eigenvalue weighted by atomic mass is 19.4. The zero-order valence-corrected chi connectivity index (χ0v) is 14.8. The molecule has 1 aromatic carbocycles. The highest BCUT2D eigenvalue weighted by Gasteiger charge is 2.31. The first kappa shape index (κ1) is 20.5. The minimum atomic E-state index is -4.48. The second-order valence-electron chi connectivity index (χ2n) is 6.04. The number of alkyl halides is 3. The standard InChI is InChI=1S/C18H19F3N2O4/c1-3-4-5-13(17(25)26)22-16(24)14-10(2)27-23-15(14)11-6-8-12(9-7-11)18(19,20)21/h6-9,13H,3-5H2,1-2H3,(H,22,24)(H,25,26). The number of aryl methyl sites for hydroxylation is 1. The summed E-state index contributed by atoms with van der Waals surface area (Å²) in [7, 11) is 0. The van der Waals surface area contributed by atoms with E-state index in [4.69, 9.17) is 4.52 Å². The molecule has 0 saturated heterocycles. The van der Waals surface area contributed by atoms with Crippen LogP contribution in [0.5, 0.6) is 0 Å². The molecular formula is C18H19F3N2O4. The fourth-order valence-corrected chi connectivity index (χ4v) is 2.55. The highest BCUT2D eigenvalue weighted by Crippen LogP contribution is 2.32. The molecule has 0 spiro atoms. The molecule has 0 saturated carbocycles. The molecule has 0 aliphatic heterocycles. The summed E-state index contributed by atoms with van der Waals surface area (Å²) in [5, 5.41) is 15.4.